The maximum absolute atomic E-state index is 12.0. The van der Waals surface area contributed by atoms with Crippen molar-refractivity contribution >= 4 is 5.97 Å². The topological polar surface area (TPSA) is 35.5 Å². The lowest BCUT2D eigenvalue weighted by Crippen LogP contribution is -2.26. The first-order chi connectivity index (χ1) is 9.58. The molecule has 1 saturated heterocycles. The second-order valence-corrected chi connectivity index (χ2v) is 5.57. The Kier molecular flexibility index (Phi) is 4.96. The Hall–Kier alpha value is -1.61. The van der Waals surface area contributed by atoms with Gasteiger partial charge in [0.25, 0.3) is 0 Å². The molecule has 1 aromatic rings. The summed E-state index contributed by atoms with van der Waals surface area (Å²) in [4.78, 5) is 12.0. The van der Waals surface area contributed by atoms with Crippen molar-refractivity contribution in [1.82, 2.24) is 0 Å². The molecule has 0 aromatic heterocycles. The van der Waals surface area contributed by atoms with E-state index in [0.29, 0.717) is 19.6 Å². The molecule has 1 aliphatic heterocycles. The van der Waals surface area contributed by atoms with Gasteiger partial charge in [-0.25, -0.2) is 0 Å². The highest BCUT2D eigenvalue weighted by Gasteiger charge is 2.42. The summed E-state index contributed by atoms with van der Waals surface area (Å²) in [5.74, 6) is -0.107. The van der Waals surface area contributed by atoms with Crippen LogP contribution < -0.4 is 0 Å². The molecular formula is C17H22O3. The van der Waals surface area contributed by atoms with Gasteiger partial charge in [-0.2, -0.15) is 0 Å². The lowest BCUT2D eigenvalue weighted by molar-refractivity contribution is -0.143. The summed E-state index contributed by atoms with van der Waals surface area (Å²) < 4.78 is 11.0. The van der Waals surface area contributed by atoms with Crippen molar-refractivity contribution in [3.63, 3.8) is 0 Å². The molecule has 1 fully saturated rings. The minimum absolute atomic E-state index is 0.0821. The first-order valence-corrected chi connectivity index (χ1v) is 7.04. The van der Waals surface area contributed by atoms with E-state index in [0.717, 1.165) is 11.1 Å². The van der Waals surface area contributed by atoms with Crippen molar-refractivity contribution in [3.8, 4) is 0 Å². The van der Waals surface area contributed by atoms with Gasteiger partial charge in [-0.05, 0) is 25.8 Å². The molecule has 20 heavy (non-hydrogen) atoms. The third-order valence-electron chi connectivity index (χ3n) is 3.68. The number of cyclic esters (lactones) is 1. The van der Waals surface area contributed by atoms with Crippen LogP contribution in [0.25, 0.3) is 0 Å². The molecule has 0 bridgehead atoms. The average molecular weight is 274 g/mol. The van der Waals surface area contributed by atoms with Gasteiger partial charge in [-0.3, -0.25) is 4.79 Å². The van der Waals surface area contributed by atoms with Crippen LogP contribution in [0.1, 0.15) is 19.4 Å². The smallest absolute Gasteiger partial charge is 0.310 e. The molecule has 0 spiro atoms. The number of carbonyl (C=O) groups is 1. The van der Waals surface area contributed by atoms with E-state index in [1.165, 1.54) is 0 Å². The monoisotopic (exact) mass is 274 g/mol. The Morgan fingerprint density at radius 1 is 1.35 bits per heavy atom. The summed E-state index contributed by atoms with van der Waals surface area (Å²) in [7, 11) is 0. The van der Waals surface area contributed by atoms with Gasteiger partial charge in [0.1, 0.15) is 6.10 Å². The molecule has 1 aromatic carbocycles. The molecule has 0 radical (unpaired) electrons. The number of carbonyl (C=O) groups excluding carboxylic acids is 1. The van der Waals surface area contributed by atoms with Gasteiger partial charge in [-0.15, -0.1) is 0 Å². The number of hydrogen-bond acceptors (Lipinski definition) is 3. The Morgan fingerprint density at radius 2 is 2.05 bits per heavy atom. The second-order valence-electron chi connectivity index (χ2n) is 5.57. The summed E-state index contributed by atoms with van der Waals surface area (Å²) in [6, 6.07) is 10.0. The third-order valence-corrected chi connectivity index (χ3v) is 3.68. The number of hydrogen-bond donors (Lipinski definition) is 0. The van der Waals surface area contributed by atoms with E-state index < -0.39 is 0 Å². The van der Waals surface area contributed by atoms with Gasteiger partial charge in [0, 0.05) is 5.92 Å². The summed E-state index contributed by atoms with van der Waals surface area (Å²) in [5.41, 5.74) is 2.15. The molecule has 0 saturated carbocycles. The number of benzene rings is 1. The zero-order valence-electron chi connectivity index (χ0n) is 12.2. The maximum atomic E-state index is 12.0. The lowest BCUT2D eigenvalue weighted by atomic mass is 9.86. The van der Waals surface area contributed by atoms with Gasteiger partial charge in [0.05, 0.1) is 19.1 Å². The Morgan fingerprint density at radius 3 is 2.70 bits per heavy atom. The molecule has 1 aliphatic rings. The van der Waals surface area contributed by atoms with Crippen molar-refractivity contribution in [2.24, 2.45) is 11.8 Å². The lowest BCUT2D eigenvalue weighted by Gasteiger charge is -2.18. The zero-order chi connectivity index (χ0) is 14.5. The standard InChI is InChI=1S/C17H22O3/c1-12(2)10-19-11-16-13(3)20-17(18)15(16)9-14-7-5-4-6-8-14/h4-8,13,15-16H,1,9-11H2,2-3H3/t13-,15+,16-/m0/s1. The normalized spacial score (nSPS) is 25.5. The van der Waals surface area contributed by atoms with E-state index in [2.05, 4.69) is 6.58 Å². The SMILES string of the molecule is C=C(C)COC[C@H]1[C@H](C)OC(=O)[C@@H]1Cc1ccccc1. The molecule has 1 heterocycles. The van der Waals surface area contributed by atoms with Gasteiger partial charge in [0.2, 0.25) is 0 Å². The van der Waals surface area contributed by atoms with Crippen molar-refractivity contribution in [2.45, 2.75) is 26.4 Å². The van der Waals surface area contributed by atoms with Crippen LogP contribution in [0.3, 0.4) is 0 Å². The predicted octanol–water partition coefficient (Wildman–Crippen LogP) is 3.00. The minimum atomic E-state index is -0.113. The fraction of sp³-hybridized carbons (Fsp3) is 0.471. The van der Waals surface area contributed by atoms with E-state index in [-0.39, 0.29) is 23.9 Å². The Bertz CT molecular complexity index is 466. The first kappa shape index (κ1) is 14.8. The summed E-state index contributed by atoms with van der Waals surface area (Å²) in [5, 5.41) is 0. The predicted molar refractivity (Wildman–Crippen MR) is 78.3 cm³/mol. The second kappa shape index (κ2) is 6.71. The highest BCUT2D eigenvalue weighted by molar-refractivity contribution is 5.75. The molecule has 2 rings (SSSR count). The molecule has 108 valence electrons. The van der Waals surface area contributed by atoms with Gasteiger partial charge in [-0.1, -0.05) is 42.5 Å². The van der Waals surface area contributed by atoms with E-state index >= 15 is 0 Å². The van der Waals surface area contributed by atoms with E-state index in [1.807, 2.05) is 44.2 Å². The van der Waals surface area contributed by atoms with Crippen LogP contribution in [0.2, 0.25) is 0 Å². The van der Waals surface area contributed by atoms with Crippen LogP contribution in [0.5, 0.6) is 0 Å². The van der Waals surface area contributed by atoms with Crippen LogP contribution in [0, 0.1) is 11.8 Å². The fourth-order valence-electron chi connectivity index (χ4n) is 2.58. The van der Waals surface area contributed by atoms with Crippen LogP contribution in [0.4, 0.5) is 0 Å². The summed E-state index contributed by atoms with van der Waals surface area (Å²) >= 11 is 0. The minimum Gasteiger partial charge on any atom is -0.462 e. The van der Waals surface area contributed by atoms with Crippen LogP contribution >= 0.6 is 0 Å². The summed E-state index contributed by atoms with van der Waals surface area (Å²) in [6.45, 7) is 8.77. The van der Waals surface area contributed by atoms with Crippen molar-refractivity contribution < 1.29 is 14.3 Å². The molecule has 3 nitrogen and oxygen atoms in total. The molecule has 0 unspecified atom stereocenters. The highest BCUT2D eigenvalue weighted by Crippen LogP contribution is 2.31. The highest BCUT2D eigenvalue weighted by atomic mass is 16.6. The van der Waals surface area contributed by atoms with Crippen molar-refractivity contribution in [1.29, 1.82) is 0 Å². The molecule has 3 atom stereocenters. The van der Waals surface area contributed by atoms with Gasteiger partial charge in [0.15, 0.2) is 0 Å². The summed E-state index contributed by atoms with van der Waals surface area (Å²) in [6.07, 6.45) is 0.631. The van der Waals surface area contributed by atoms with Crippen molar-refractivity contribution in [2.75, 3.05) is 13.2 Å². The molecule has 3 heteroatoms. The number of esters is 1. The largest absolute Gasteiger partial charge is 0.462 e. The number of rotatable bonds is 6. The number of ether oxygens (including phenoxy) is 2. The van der Waals surface area contributed by atoms with E-state index in [9.17, 15) is 4.79 Å². The van der Waals surface area contributed by atoms with Crippen LogP contribution in [-0.2, 0) is 20.7 Å². The average Bonchev–Trinajstić information content (AvgIpc) is 2.66. The molecule has 0 N–H and O–H groups in total. The molecule has 0 aliphatic carbocycles. The zero-order valence-corrected chi connectivity index (χ0v) is 12.2. The molecule has 0 amide bonds. The quantitative estimate of drug-likeness (QED) is 0.591. The van der Waals surface area contributed by atoms with Gasteiger partial charge >= 0.3 is 5.97 Å². The first-order valence-electron chi connectivity index (χ1n) is 7.04. The van der Waals surface area contributed by atoms with Gasteiger partial charge < -0.3 is 9.47 Å². The van der Waals surface area contributed by atoms with Crippen LogP contribution in [-0.4, -0.2) is 25.3 Å². The molecular weight excluding hydrogens is 252 g/mol. The Balaban J connectivity index is 2.00. The van der Waals surface area contributed by atoms with E-state index in [1.54, 1.807) is 0 Å². The maximum Gasteiger partial charge on any atom is 0.310 e. The van der Waals surface area contributed by atoms with Crippen LogP contribution in [0.15, 0.2) is 42.5 Å². The van der Waals surface area contributed by atoms with E-state index in [4.69, 9.17) is 9.47 Å². The Labute approximate surface area is 120 Å². The van der Waals surface area contributed by atoms with Crippen molar-refractivity contribution in [3.05, 3.63) is 48.0 Å². The third kappa shape index (κ3) is 3.70. The fourth-order valence-corrected chi connectivity index (χ4v) is 2.58.